The van der Waals surface area contributed by atoms with Gasteiger partial charge in [0.05, 0.1) is 10.5 Å². The summed E-state index contributed by atoms with van der Waals surface area (Å²) in [6.45, 7) is 2.52. The van der Waals surface area contributed by atoms with Crippen LogP contribution in [0, 0.1) is 22.7 Å². The van der Waals surface area contributed by atoms with Crippen molar-refractivity contribution >= 4 is 71.0 Å². The van der Waals surface area contributed by atoms with Crippen LogP contribution in [0.1, 0.15) is 72.8 Å². The van der Waals surface area contributed by atoms with Crippen molar-refractivity contribution in [3.05, 3.63) is 121 Å². The van der Waals surface area contributed by atoms with E-state index in [9.17, 15) is 39.3 Å². The maximum absolute atomic E-state index is 13.9. The Hall–Kier alpha value is -7.34. The number of alkyl carbamates (subject to hydrolysis) is 1. The Morgan fingerprint density at radius 2 is 1.54 bits per heavy atom. The minimum atomic E-state index is -1.23. The number of aldehydes is 1. The highest BCUT2D eigenvalue weighted by molar-refractivity contribution is 7.23. The van der Waals surface area contributed by atoms with E-state index in [1.165, 1.54) is 37.3 Å². The number of carbonyl (C=O) groups excluding carboxylic acids is 6. The van der Waals surface area contributed by atoms with Crippen molar-refractivity contribution in [2.24, 2.45) is 0 Å². The van der Waals surface area contributed by atoms with Crippen LogP contribution >= 0.6 is 22.7 Å². The second kappa shape index (κ2) is 17.9. The molecule has 15 nitrogen and oxygen atoms in total. The second-order valence-corrected chi connectivity index (χ2v) is 16.1. The number of fused-ring (bicyclic) bond motifs is 4. The molecule has 0 atom stereocenters. The van der Waals surface area contributed by atoms with Crippen LogP contribution in [0.2, 0.25) is 0 Å². The molecule has 0 radical (unpaired) electrons. The van der Waals surface area contributed by atoms with Gasteiger partial charge in [-0.3, -0.25) is 24.5 Å². The summed E-state index contributed by atoms with van der Waals surface area (Å²) < 4.78 is 17.2. The first-order valence-corrected chi connectivity index (χ1v) is 20.5. The number of nitriles is 2. The summed E-state index contributed by atoms with van der Waals surface area (Å²) in [5.74, 6) is -2.76. The molecule has 1 N–H and O–H groups in total. The lowest BCUT2D eigenvalue weighted by molar-refractivity contribution is -0.138. The summed E-state index contributed by atoms with van der Waals surface area (Å²) in [7, 11) is 0. The monoisotopic (exact) mass is 854 g/mol. The lowest BCUT2D eigenvalue weighted by atomic mass is 9.80. The number of hydrogen-bond donors (Lipinski definition) is 1. The molecule has 7 rings (SSSR count). The van der Waals surface area contributed by atoms with Gasteiger partial charge in [0.25, 0.3) is 17.7 Å². The summed E-state index contributed by atoms with van der Waals surface area (Å²) >= 11 is 2.33. The van der Waals surface area contributed by atoms with Gasteiger partial charge in [-0.05, 0) is 74.0 Å². The molecule has 0 saturated heterocycles. The molecular formula is C44H34N6O9S2. The predicted molar refractivity (Wildman–Crippen MR) is 221 cm³/mol. The Bertz CT molecular complexity index is 2690. The van der Waals surface area contributed by atoms with Gasteiger partial charge in [-0.15, -0.1) is 22.7 Å². The molecule has 2 aromatic carbocycles. The van der Waals surface area contributed by atoms with Gasteiger partial charge in [0.2, 0.25) is 5.88 Å². The second-order valence-electron chi connectivity index (χ2n) is 14.1. The van der Waals surface area contributed by atoms with Gasteiger partial charge in [0, 0.05) is 11.1 Å². The quantitative estimate of drug-likeness (QED) is 0.0564. The highest BCUT2D eigenvalue weighted by atomic mass is 32.1. The zero-order valence-electron chi connectivity index (χ0n) is 32.7. The van der Waals surface area contributed by atoms with E-state index in [4.69, 9.17) is 24.2 Å². The fourth-order valence-electron chi connectivity index (χ4n) is 7.04. The van der Waals surface area contributed by atoms with Gasteiger partial charge in [-0.2, -0.15) is 15.4 Å². The molecule has 2 aromatic heterocycles. The molecular weight excluding hydrogens is 821 g/mol. The maximum Gasteiger partial charge on any atom is 0.424 e. The SMILES string of the molecule is CC1=C(C#N)C(=O)N(C(=O)OCc2ccccc2)C(=O)/C1=C\c1nc2c(s1)-c1sc(/C=C(C(=O)NC(=O)OCc3ccccc3)/C(C)=C(/C#N)C=O)nc1OC21CCCCC1. The van der Waals surface area contributed by atoms with Gasteiger partial charge in [-0.25, -0.2) is 19.6 Å². The average Bonchev–Trinajstić information content (AvgIpc) is 3.89. The third-order valence-electron chi connectivity index (χ3n) is 10.2. The lowest BCUT2D eigenvalue weighted by Gasteiger charge is -2.38. The van der Waals surface area contributed by atoms with Gasteiger partial charge in [0.15, 0.2) is 11.9 Å². The van der Waals surface area contributed by atoms with Crippen molar-refractivity contribution in [2.75, 3.05) is 0 Å². The van der Waals surface area contributed by atoms with Crippen LogP contribution in [0.4, 0.5) is 9.59 Å². The molecule has 4 heterocycles. The lowest BCUT2D eigenvalue weighted by Crippen LogP contribution is -2.46. The standard InChI is InChI=1S/C44H34N6O9S2/c1-25(29(20-45)22-51)30(38(52)49-42(55)57-23-27-12-6-3-7-13-27)18-34-48-39-36(61-34)35-37(44(59-39)16-10-5-11-17-44)47-33(60-35)19-31-26(2)32(21-46)41(54)50(40(31)53)43(56)58-24-28-14-8-4-9-15-28/h3-4,6-9,12-15,18-19,22H,5,10-11,16-17,23-24H2,1-2H3,(H,49,52,55)/b29-25-,30-18-,31-19-. The van der Waals surface area contributed by atoms with Crippen LogP contribution in [0.15, 0.2) is 94.1 Å². The minimum Gasteiger partial charge on any atom is -0.463 e. The highest BCUT2D eigenvalue weighted by Crippen LogP contribution is 2.55. The number of imide groups is 4. The van der Waals surface area contributed by atoms with Crippen molar-refractivity contribution in [1.82, 2.24) is 20.2 Å². The van der Waals surface area contributed by atoms with E-state index < -0.39 is 41.1 Å². The maximum atomic E-state index is 13.9. The van der Waals surface area contributed by atoms with Crippen LogP contribution in [0.5, 0.6) is 5.88 Å². The first-order valence-electron chi connectivity index (χ1n) is 18.9. The third-order valence-corrected chi connectivity index (χ3v) is 12.4. The highest BCUT2D eigenvalue weighted by Gasteiger charge is 2.47. The predicted octanol–water partition coefficient (Wildman–Crippen LogP) is 7.62. The number of ether oxygens (including phenoxy) is 3. The zero-order chi connectivity index (χ0) is 43.3. The Labute approximate surface area is 356 Å². The average molecular weight is 855 g/mol. The molecule has 4 aromatic rings. The first kappa shape index (κ1) is 41.8. The van der Waals surface area contributed by atoms with Gasteiger partial charge in [-0.1, -0.05) is 67.1 Å². The van der Waals surface area contributed by atoms with Crippen LogP contribution < -0.4 is 10.1 Å². The molecule has 0 bridgehead atoms. The summed E-state index contributed by atoms with van der Waals surface area (Å²) in [5, 5.41) is 22.3. The summed E-state index contributed by atoms with van der Waals surface area (Å²) in [5.41, 5.74) is 0.0385. The molecule has 3 aliphatic rings. The molecule has 61 heavy (non-hydrogen) atoms. The van der Waals surface area contributed by atoms with E-state index in [-0.39, 0.29) is 52.0 Å². The number of carbonyl (C=O) groups is 6. The summed E-state index contributed by atoms with van der Waals surface area (Å²) in [6, 6.07) is 21.1. The van der Waals surface area contributed by atoms with E-state index in [1.54, 1.807) is 66.7 Å². The third kappa shape index (κ3) is 8.56. The van der Waals surface area contributed by atoms with Crippen LogP contribution in [0.3, 0.4) is 0 Å². The molecule has 0 unspecified atom stereocenters. The van der Waals surface area contributed by atoms with E-state index >= 15 is 0 Å². The molecule has 1 fully saturated rings. The minimum absolute atomic E-state index is 0.00937. The Kier molecular flexibility index (Phi) is 12.3. The van der Waals surface area contributed by atoms with E-state index in [1.807, 2.05) is 6.07 Å². The number of nitrogens with one attached hydrogen (secondary N) is 1. The molecule has 1 aliphatic carbocycles. The summed E-state index contributed by atoms with van der Waals surface area (Å²) in [4.78, 5) is 89.7. The van der Waals surface area contributed by atoms with Crippen molar-refractivity contribution in [1.29, 1.82) is 10.5 Å². The van der Waals surface area contributed by atoms with Crippen LogP contribution in [-0.2, 0) is 47.5 Å². The Balaban J connectivity index is 1.24. The van der Waals surface area contributed by atoms with Crippen molar-refractivity contribution in [3.8, 4) is 27.8 Å². The summed E-state index contributed by atoms with van der Waals surface area (Å²) in [6.07, 6.45) is 4.61. The van der Waals surface area contributed by atoms with Crippen molar-refractivity contribution in [2.45, 2.75) is 64.8 Å². The number of aromatic nitrogens is 2. The molecule has 306 valence electrons. The van der Waals surface area contributed by atoms with Crippen molar-refractivity contribution < 1.29 is 43.0 Å². The number of nitrogens with zero attached hydrogens (tertiary/aromatic N) is 5. The fraction of sp³-hybridized carbons (Fsp3) is 0.227. The number of benzene rings is 2. The Morgan fingerprint density at radius 3 is 2.16 bits per heavy atom. The van der Waals surface area contributed by atoms with E-state index in [0.29, 0.717) is 55.6 Å². The normalized spacial score (nSPS) is 16.7. The topological polar surface area (TPSA) is 219 Å². The molecule has 2 aliphatic heterocycles. The van der Waals surface area contributed by atoms with E-state index in [0.717, 1.165) is 30.6 Å². The first-order chi connectivity index (χ1) is 29.5. The van der Waals surface area contributed by atoms with E-state index in [2.05, 4.69) is 5.32 Å². The van der Waals surface area contributed by atoms with Gasteiger partial charge >= 0.3 is 12.2 Å². The Morgan fingerprint density at radius 1 is 0.902 bits per heavy atom. The number of amides is 5. The molecule has 17 heteroatoms. The zero-order valence-corrected chi connectivity index (χ0v) is 34.3. The number of allylic oxidation sites excluding steroid dienone is 1. The molecule has 1 spiro atoms. The smallest absolute Gasteiger partial charge is 0.424 e. The molecule has 5 amide bonds. The fourth-order valence-corrected chi connectivity index (χ4v) is 9.20. The largest absolute Gasteiger partial charge is 0.463 e. The van der Waals surface area contributed by atoms with Crippen LogP contribution in [0.25, 0.3) is 21.9 Å². The number of hydrogen-bond acceptors (Lipinski definition) is 15. The van der Waals surface area contributed by atoms with Crippen LogP contribution in [-0.4, -0.2) is 51.1 Å². The van der Waals surface area contributed by atoms with Gasteiger partial charge in [0.1, 0.15) is 51.5 Å². The number of thiazole rings is 2. The van der Waals surface area contributed by atoms with Crippen molar-refractivity contribution in [3.63, 3.8) is 0 Å². The number of rotatable bonds is 9. The molecule has 1 saturated carbocycles. The van der Waals surface area contributed by atoms with Gasteiger partial charge < -0.3 is 14.2 Å².